The smallest absolute Gasteiger partial charge is 0.194 e. The zero-order valence-corrected chi connectivity index (χ0v) is 17.9. The molecule has 0 amide bonds. The monoisotopic (exact) mass is 501 g/mol. The molecule has 1 saturated heterocycles. The second-order valence-electron chi connectivity index (χ2n) is 5.04. The number of nitrogens with zero attached hydrogens (tertiary/aromatic N) is 2. The molecule has 0 aromatic carbocycles. The van der Waals surface area contributed by atoms with Gasteiger partial charge in [0.15, 0.2) is 5.96 Å². The zero-order chi connectivity index (χ0) is 15.1. The van der Waals surface area contributed by atoms with Crippen molar-refractivity contribution in [1.82, 2.24) is 10.2 Å². The van der Waals surface area contributed by atoms with Crippen molar-refractivity contribution in [3.05, 3.63) is 20.8 Å². The lowest BCUT2D eigenvalue weighted by molar-refractivity contribution is 0.0263. The van der Waals surface area contributed by atoms with Crippen LogP contribution in [0.15, 0.2) is 20.9 Å². The fourth-order valence-electron chi connectivity index (χ4n) is 2.49. The molecule has 0 unspecified atom stereocenters. The van der Waals surface area contributed by atoms with E-state index in [9.17, 15) is 0 Å². The first-order valence-electron chi connectivity index (χ1n) is 7.60. The second kappa shape index (κ2) is 10.8. The molecule has 0 atom stereocenters. The van der Waals surface area contributed by atoms with Crippen LogP contribution in [0.1, 0.15) is 31.6 Å². The van der Waals surface area contributed by atoms with Crippen LogP contribution >= 0.6 is 51.2 Å². The van der Waals surface area contributed by atoms with E-state index in [2.05, 4.69) is 51.4 Å². The van der Waals surface area contributed by atoms with Gasteiger partial charge in [-0.05, 0) is 48.7 Å². The van der Waals surface area contributed by atoms with Gasteiger partial charge in [-0.3, -0.25) is 0 Å². The van der Waals surface area contributed by atoms with Gasteiger partial charge in [-0.1, -0.05) is 0 Å². The largest absolute Gasteiger partial charge is 0.378 e. The van der Waals surface area contributed by atoms with Crippen molar-refractivity contribution in [2.45, 2.75) is 39.3 Å². The van der Waals surface area contributed by atoms with E-state index < -0.39 is 0 Å². The fraction of sp³-hybridized carbons (Fsp3) is 0.667. The standard InChI is InChI=1S/C15H24BrN3OS.HI/c1-3-17-15(18-10-14-9-12(16)11-21-14)19-7-5-13(6-8-19)20-4-2;/h9,11,13H,3-8,10H2,1-2H3,(H,17,18);1H. The normalized spacial score (nSPS) is 16.5. The van der Waals surface area contributed by atoms with Gasteiger partial charge in [0, 0.05) is 41.0 Å². The van der Waals surface area contributed by atoms with Gasteiger partial charge < -0.3 is 15.0 Å². The van der Waals surface area contributed by atoms with E-state index in [1.54, 1.807) is 11.3 Å². The van der Waals surface area contributed by atoms with E-state index in [0.717, 1.165) is 56.1 Å². The van der Waals surface area contributed by atoms with Gasteiger partial charge in [0.05, 0.1) is 12.6 Å². The van der Waals surface area contributed by atoms with Gasteiger partial charge in [-0.15, -0.1) is 35.3 Å². The number of thiophene rings is 1. The van der Waals surface area contributed by atoms with Crippen LogP contribution in [0, 0.1) is 0 Å². The van der Waals surface area contributed by atoms with Crippen LogP contribution in [-0.2, 0) is 11.3 Å². The highest BCUT2D eigenvalue weighted by atomic mass is 127. The molecule has 1 N–H and O–H groups in total. The Hall–Kier alpha value is 0.140. The zero-order valence-electron chi connectivity index (χ0n) is 13.2. The molecule has 22 heavy (non-hydrogen) atoms. The summed E-state index contributed by atoms with van der Waals surface area (Å²) in [6.07, 6.45) is 2.59. The van der Waals surface area contributed by atoms with Crippen molar-refractivity contribution in [1.29, 1.82) is 0 Å². The van der Waals surface area contributed by atoms with Crippen LogP contribution in [0.4, 0.5) is 0 Å². The lowest BCUT2D eigenvalue weighted by Gasteiger charge is -2.34. The van der Waals surface area contributed by atoms with E-state index in [1.807, 2.05) is 0 Å². The summed E-state index contributed by atoms with van der Waals surface area (Å²) in [4.78, 5) is 8.40. The summed E-state index contributed by atoms with van der Waals surface area (Å²) in [5.74, 6) is 1.02. The molecule has 126 valence electrons. The second-order valence-corrected chi connectivity index (χ2v) is 6.95. The Morgan fingerprint density at radius 3 is 2.73 bits per heavy atom. The van der Waals surface area contributed by atoms with Crippen LogP contribution in [0.5, 0.6) is 0 Å². The molecule has 1 aromatic heterocycles. The molecule has 0 radical (unpaired) electrons. The molecule has 1 aromatic rings. The Bertz CT molecular complexity index is 461. The number of halogens is 2. The van der Waals surface area contributed by atoms with E-state index >= 15 is 0 Å². The average molecular weight is 502 g/mol. The van der Waals surface area contributed by atoms with Gasteiger partial charge in [-0.25, -0.2) is 4.99 Å². The highest BCUT2D eigenvalue weighted by Gasteiger charge is 2.21. The van der Waals surface area contributed by atoms with Crippen LogP contribution in [-0.4, -0.2) is 43.2 Å². The fourth-order valence-corrected chi connectivity index (χ4v) is 3.86. The van der Waals surface area contributed by atoms with Crippen LogP contribution in [0.25, 0.3) is 0 Å². The van der Waals surface area contributed by atoms with Crippen molar-refractivity contribution in [2.24, 2.45) is 4.99 Å². The van der Waals surface area contributed by atoms with Crippen molar-refractivity contribution in [3.8, 4) is 0 Å². The van der Waals surface area contributed by atoms with Gasteiger partial charge in [0.2, 0.25) is 0 Å². The summed E-state index contributed by atoms with van der Waals surface area (Å²) in [6.45, 7) is 8.67. The molecule has 4 nitrogen and oxygen atoms in total. The number of nitrogens with one attached hydrogen (secondary N) is 1. The maximum Gasteiger partial charge on any atom is 0.194 e. The lowest BCUT2D eigenvalue weighted by atomic mass is 10.1. The quantitative estimate of drug-likeness (QED) is 0.375. The van der Waals surface area contributed by atoms with Crippen molar-refractivity contribution >= 4 is 57.2 Å². The molecular formula is C15H25BrIN3OS. The first-order valence-corrected chi connectivity index (χ1v) is 9.28. The number of guanidine groups is 1. The maximum atomic E-state index is 5.71. The summed E-state index contributed by atoms with van der Waals surface area (Å²) >= 11 is 5.23. The molecule has 2 heterocycles. The molecule has 1 fully saturated rings. The molecule has 2 rings (SSSR count). The Balaban J connectivity index is 0.00000242. The number of likely N-dealkylation sites (tertiary alicyclic amines) is 1. The molecule has 7 heteroatoms. The Morgan fingerprint density at radius 1 is 1.45 bits per heavy atom. The van der Waals surface area contributed by atoms with Crippen molar-refractivity contribution in [3.63, 3.8) is 0 Å². The molecular weight excluding hydrogens is 477 g/mol. The molecule has 0 saturated carbocycles. The number of rotatable bonds is 5. The van der Waals surface area contributed by atoms with E-state index in [1.165, 1.54) is 4.88 Å². The Labute approximate surface area is 162 Å². The summed E-state index contributed by atoms with van der Waals surface area (Å²) in [6, 6.07) is 2.14. The number of aliphatic imine (C=N–C) groups is 1. The summed E-state index contributed by atoms with van der Waals surface area (Å²) in [5, 5.41) is 5.51. The van der Waals surface area contributed by atoms with Crippen LogP contribution in [0.2, 0.25) is 0 Å². The molecule has 1 aliphatic heterocycles. The highest BCUT2D eigenvalue weighted by Crippen LogP contribution is 2.20. The van der Waals surface area contributed by atoms with Crippen molar-refractivity contribution in [2.75, 3.05) is 26.2 Å². The van der Waals surface area contributed by atoms with Gasteiger partial charge in [-0.2, -0.15) is 0 Å². The number of hydrogen-bond donors (Lipinski definition) is 1. The lowest BCUT2D eigenvalue weighted by Crippen LogP contribution is -2.47. The SMILES string of the molecule is CCNC(=NCc1cc(Br)cs1)N1CCC(OCC)CC1.I. The third kappa shape index (κ3) is 6.33. The van der Waals surface area contributed by atoms with Crippen LogP contribution in [0.3, 0.4) is 0 Å². The summed E-state index contributed by atoms with van der Waals surface area (Å²) < 4.78 is 6.85. The van der Waals surface area contributed by atoms with E-state index in [-0.39, 0.29) is 24.0 Å². The summed E-state index contributed by atoms with van der Waals surface area (Å²) in [5.41, 5.74) is 0. The van der Waals surface area contributed by atoms with Gasteiger partial charge in [0.1, 0.15) is 0 Å². The third-order valence-corrected chi connectivity index (χ3v) is 5.17. The number of piperidine rings is 1. The average Bonchev–Trinajstić information content (AvgIpc) is 2.90. The Morgan fingerprint density at radius 2 is 2.18 bits per heavy atom. The minimum atomic E-state index is 0. The van der Waals surface area contributed by atoms with E-state index in [4.69, 9.17) is 9.73 Å². The maximum absolute atomic E-state index is 5.71. The van der Waals surface area contributed by atoms with E-state index in [0.29, 0.717) is 6.10 Å². The minimum absolute atomic E-state index is 0. The molecule has 0 spiro atoms. The topological polar surface area (TPSA) is 36.9 Å². The predicted octanol–water partition coefficient (Wildman–Crippen LogP) is 4.10. The van der Waals surface area contributed by atoms with Crippen LogP contribution < -0.4 is 5.32 Å². The number of hydrogen-bond acceptors (Lipinski definition) is 3. The minimum Gasteiger partial charge on any atom is -0.378 e. The molecule has 0 bridgehead atoms. The first kappa shape index (κ1) is 20.2. The Kier molecular flexibility index (Phi) is 9.94. The molecule has 0 aliphatic carbocycles. The summed E-state index contributed by atoms with van der Waals surface area (Å²) in [7, 11) is 0. The van der Waals surface area contributed by atoms with Gasteiger partial charge >= 0.3 is 0 Å². The first-order chi connectivity index (χ1) is 10.2. The molecule has 1 aliphatic rings. The van der Waals surface area contributed by atoms with Crippen molar-refractivity contribution < 1.29 is 4.74 Å². The number of ether oxygens (including phenoxy) is 1. The van der Waals surface area contributed by atoms with Gasteiger partial charge in [0.25, 0.3) is 0 Å². The predicted molar refractivity (Wildman–Crippen MR) is 108 cm³/mol. The third-order valence-electron chi connectivity index (χ3n) is 3.49. The highest BCUT2D eigenvalue weighted by molar-refractivity contribution is 14.0.